The average molecular weight is 310 g/mol. The second-order valence-electron chi connectivity index (χ2n) is 4.36. The van der Waals surface area contributed by atoms with Gasteiger partial charge in [-0.1, -0.05) is 6.07 Å². The number of nitrogens with zero attached hydrogens (tertiary/aromatic N) is 1. The molecule has 0 aliphatic carbocycles. The number of benzene rings is 2. The summed E-state index contributed by atoms with van der Waals surface area (Å²) >= 11 is 0. The number of methoxy groups -OCH3 is 1. The Labute approximate surface area is 122 Å². The zero-order chi connectivity index (χ0) is 15.6. The molecule has 2 aromatic carbocycles. The maximum absolute atomic E-state index is 13.1. The van der Waals surface area contributed by atoms with E-state index in [0.29, 0.717) is 11.4 Å². The molecule has 2 rings (SSSR count). The lowest BCUT2D eigenvalue weighted by atomic mass is 10.3. The summed E-state index contributed by atoms with van der Waals surface area (Å²) in [6.07, 6.45) is 0. The van der Waals surface area contributed by atoms with Gasteiger partial charge in [0.15, 0.2) is 0 Å². The largest absolute Gasteiger partial charge is 0.497 e. The van der Waals surface area contributed by atoms with Gasteiger partial charge in [0.2, 0.25) is 0 Å². The zero-order valence-electron chi connectivity index (χ0n) is 11.6. The number of halogens is 1. The molecular weight excluding hydrogens is 295 g/mol. The first-order valence-corrected chi connectivity index (χ1v) is 7.48. The Balaban J connectivity index is 2.47. The first-order valence-electron chi connectivity index (χ1n) is 6.04. The van der Waals surface area contributed by atoms with E-state index in [1.54, 1.807) is 24.3 Å². The van der Waals surface area contributed by atoms with E-state index in [1.807, 2.05) is 0 Å². The fourth-order valence-electron chi connectivity index (χ4n) is 1.85. The quantitative estimate of drug-likeness (QED) is 0.879. The van der Waals surface area contributed by atoms with Crippen LogP contribution in [0, 0.1) is 5.82 Å². The van der Waals surface area contributed by atoms with Crippen LogP contribution in [0.15, 0.2) is 47.4 Å². The number of rotatable bonds is 4. The SMILES string of the molecule is COc1cccc(N(C)S(=O)(=O)c2ccc(F)cc2N)c1. The molecule has 21 heavy (non-hydrogen) atoms. The standard InChI is InChI=1S/C14H15FN2O3S/c1-17(11-4-3-5-12(9-11)20-2)21(18,19)14-7-6-10(15)8-13(14)16/h3-9H,16H2,1-2H3. The number of anilines is 2. The molecule has 0 fully saturated rings. The number of sulfonamides is 1. The van der Waals surface area contributed by atoms with Gasteiger partial charge in [0.1, 0.15) is 16.5 Å². The van der Waals surface area contributed by atoms with Crippen molar-refractivity contribution in [2.75, 3.05) is 24.2 Å². The normalized spacial score (nSPS) is 11.2. The predicted molar refractivity (Wildman–Crippen MR) is 79.4 cm³/mol. The molecule has 0 bridgehead atoms. The van der Waals surface area contributed by atoms with Gasteiger partial charge < -0.3 is 10.5 Å². The Bertz CT molecular complexity index is 763. The predicted octanol–water partition coefficient (Wildman–Crippen LogP) is 2.24. The molecule has 5 nitrogen and oxygen atoms in total. The van der Waals surface area contributed by atoms with Crippen LogP contribution in [0.25, 0.3) is 0 Å². The number of nitrogens with two attached hydrogens (primary N) is 1. The van der Waals surface area contributed by atoms with E-state index in [-0.39, 0.29) is 10.6 Å². The summed E-state index contributed by atoms with van der Waals surface area (Å²) in [5.41, 5.74) is 5.89. The Morgan fingerprint density at radius 2 is 1.90 bits per heavy atom. The third-order valence-corrected chi connectivity index (χ3v) is 4.89. The second kappa shape index (κ2) is 5.61. The zero-order valence-corrected chi connectivity index (χ0v) is 12.4. The van der Waals surface area contributed by atoms with Gasteiger partial charge in [-0.15, -0.1) is 0 Å². The Morgan fingerprint density at radius 3 is 2.52 bits per heavy atom. The van der Waals surface area contributed by atoms with Crippen molar-refractivity contribution in [3.05, 3.63) is 48.3 Å². The molecule has 0 saturated carbocycles. The van der Waals surface area contributed by atoms with Gasteiger partial charge in [-0.05, 0) is 30.3 Å². The highest BCUT2D eigenvalue weighted by Crippen LogP contribution is 2.28. The van der Waals surface area contributed by atoms with Crippen LogP contribution in [0.4, 0.5) is 15.8 Å². The molecule has 2 aromatic rings. The van der Waals surface area contributed by atoms with E-state index >= 15 is 0 Å². The van der Waals surface area contributed by atoms with Crippen LogP contribution in [0.2, 0.25) is 0 Å². The van der Waals surface area contributed by atoms with Crippen molar-refractivity contribution < 1.29 is 17.5 Å². The number of nitrogen functional groups attached to an aromatic ring is 1. The van der Waals surface area contributed by atoms with Crippen LogP contribution in [0.3, 0.4) is 0 Å². The van der Waals surface area contributed by atoms with Gasteiger partial charge in [-0.2, -0.15) is 0 Å². The molecule has 0 atom stereocenters. The third kappa shape index (κ3) is 2.92. The van der Waals surface area contributed by atoms with E-state index in [4.69, 9.17) is 10.5 Å². The van der Waals surface area contributed by atoms with Crippen molar-refractivity contribution >= 4 is 21.4 Å². The van der Waals surface area contributed by atoms with Crippen molar-refractivity contribution in [1.82, 2.24) is 0 Å². The lowest BCUT2D eigenvalue weighted by molar-refractivity contribution is 0.415. The highest BCUT2D eigenvalue weighted by Gasteiger charge is 2.24. The Hall–Kier alpha value is -2.28. The molecule has 112 valence electrons. The van der Waals surface area contributed by atoms with Gasteiger partial charge >= 0.3 is 0 Å². The van der Waals surface area contributed by atoms with Crippen LogP contribution in [0.5, 0.6) is 5.75 Å². The van der Waals surface area contributed by atoms with Crippen LogP contribution < -0.4 is 14.8 Å². The monoisotopic (exact) mass is 310 g/mol. The second-order valence-corrected chi connectivity index (χ2v) is 6.29. The minimum absolute atomic E-state index is 0.134. The summed E-state index contributed by atoms with van der Waals surface area (Å²) in [4.78, 5) is -0.144. The van der Waals surface area contributed by atoms with Crippen molar-refractivity contribution in [1.29, 1.82) is 0 Å². The molecule has 0 radical (unpaired) electrons. The Morgan fingerprint density at radius 1 is 1.19 bits per heavy atom. The van der Waals surface area contributed by atoms with Gasteiger partial charge in [0.25, 0.3) is 10.0 Å². The topological polar surface area (TPSA) is 72.6 Å². The minimum Gasteiger partial charge on any atom is -0.497 e. The maximum Gasteiger partial charge on any atom is 0.266 e. The summed E-state index contributed by atoms with van der Waals surface area (Å²) < 4.78 is 44.3. The van der Waals surface area contributed by atoms with Crippen LogP contribution >= 0.6 is 0 Å². The van der Waals surface area contributed by atoms with E-state index in [0.717, 1.165) is 22.5 Å². The van der Waals surface area contributed by atoms with Gasteiger partial charge in [-0.25, -0.2) is 12.8 Å². The summed E-state index contributed by atoms with van der Waals surface area (Å²) in [7, 11) is -0.991. The molecule has 2 N–H and O–H groups in total. The average Bonchev–Trinajstić information content (AvgIpc) is 2.46. The fraction of sp³-hybridized carbons (Fsp3) is 0.143. The Kier molecular flexibility index (Phi) is 4.04. The van der Waals surface area contributed by atoms with Gasteiger partial charge in [-0.3, -0.25) is 4.31 Å². The molecule has 0 heterocycles. The molecule has 7 heteroatoms. The summed E-state index contributed by atoms with van der Waals surface area (Å²) in [6.45, 7) is 0. The van der Waals surface area contributed by atoms with Gasteiger partial charge in [0, 0.05) is 13.1 Å². The van der Waals surface area contributed by atoms with Crippen molar-refractivity contribution in [3.8, 4) is 5.75 Å². The fourth-order valence-corrected chi connectivity index (χ4v) is 3.13. The first-order chi connectivity index (χ1) is 9.86. The first kappa shape index (κ1) is 15.1. The molecule has 0 amide bonds. The molecule has 0 aliphatic heterocycles. The molecule has 0 aliphatic rings. The summed E-state index contributed by atoms with van der Waals surface area (Å²) in [5, 5.41) is 0. The van der Waals surface area contributed by atoms with Crippen LogP contribution in [0.1, 0.15) is 0 Å². The number of hydrogen-bond acceptors (Lipinski definition) is 4. The summed E-state index contributed by atoms with van der Waals surface area (Å²) in [6, 6.07) is 9.77. The van der Waals surface area contributed by atoms with Gasteiger partial charge in [0.05, 0.1) is 18.5 Å². The van der Waals surface area contributed by atoms with Crippen molar-refractivity contribution in [2.24, 2.45) is 0 Å². The molecule has 0 spiro atoms. The van der Waals surface area contributed by atoms with E-state index in [9.17, 15) is 12.8 Å². The smallest absolute Gasteiger partial charge is 0.266 e. The highest BCUT2D eigenvalue weighted by atomic mass is 32.2. The minimum atomic E-state index is -3.88. The van der Waals surface area contributed by atoms with Crippen LogP contribution in [-0.2, 0) is 10.0 Å². The van der Waals surface area contributed by atoms with Crippen LogP contribution in [-0.4, -0.2) is 22.6 Å². The lowest BCUT2D eigenvalue weighted by Crippen LogP contribution is -2.27. The molecule has 0 unspecified atom stereocenters. The van der Waals surface area contributed by atoms with Crippen molar-refractivity contribution in [2.45, 2.75) is 4.90 Å². The summed E-state index contributed by atoms with van der Waals surface area (Å²) in [5.74, 6) is -0.0582. The van der Waals surface area contributed by atoms with E-state index in [2.05, 4.69) is 0 Å². The molecular formula is C14H15FN2O3S. The molecule has 0 saturated heterocycles. The van der Waals surface area contributed by atoms with Crippen molar-refractivity contribution in [3.63, 3.8) is 0 Å². The van der Waals surface area contributed by atoms with E-state index < -0.39 is 15.8 Å². The molecule has 0 aromatic heterocycles. The van der Waals surface area contributed by atoms with E-state index in [1.165, 1.54) is 14.2 Å². The lowest BCUT2D eigenvalue weighted by Gasteiger charge is -2.20. The third-order valence-electron chi connectivity index (χ3n) is 3.03. The number of hydrogen-bond donors (Lipinski definition) is 1. The highest BCUT2D eigenvalue weighted by molar-refractivity contribution is 7.93. The maximum atomic E-state index is 13.1. The number of ether oxygens (including phenoxy) is 1.